The highest BCUT2D eigenvalue weighted by Crippen LogP contribution is 2.47. The summed E-state index contributed by atoms with van der Waals surface area (Å²) in [7, 11) is 5.48. The molecule has 4 heterocycles. The van der Waals surface area contributed by atoms with Crippen LogP contribution in [-0.2, 0) is 38.0 Å². The summed E-state index contributed by atoms with van der Waals surface area (Å²) in [5.74, 6) is -0.917. The van der Waals surface area contributed by atoms with Crippen molar-refractivity contribution in [2.75, 3.05) is 21.2 Å². The number of cyclic esters (lactones) is 1. The minimum Gasteiger partial charge on any atom is -0.462 e. The molecule has 0 saturated carbocycles. The molecule has 0 aromatic carbocycles. The fourth-order valence-electron chi connectivity index (χ4n) is 8.81. The highest BCUT2D eigenvalue weighted by molar-refractivity contribution is 5.73. The number of hydrogen-bond donors (Lipinski definition) is 2. The lowest BCUT2D eigenvalue weighted by Crippen LogP contribution is -2.60. The summed E-state index contributed by atoms with van der Waals surface area (Å²) in [5.41, 5.74) is -1.68. The summed E-state index contributed by atoms with van der Waals surface area (Å²) >= 11 is 0. The molecule has 0 spiro atoms. The number of hydrogen-bond acceptors (Lipinski definition) is 11. The zero-order chi connectivity index (χ0) is 35.2. The summed E-state index contributed by atoms with van der Waals surface area (Å²) in [6.07, 6.45) is -3.33. The lowest BCUT2D eigenvalue weighted by atomic mass is 9.77. The summed E-state index contributed by atoms with van der Waals surface area (Å²) in [6.45, 7) is 20.1. The predicted octanol–water partition coefficient (Wildman–Crippen LogP) is 4.15. The minimum absolute atomic E-state index is 0.0294. The molecule has 0 aliphatic carbocycles. The lowest BCUT2D eigenvalue weighted by Gasteiger charge is -2.48. The van der Waals surface area contributed by atoms with Crippen molar-refractivity contribution in [3.05, 3.63) is 0 Å². The minimum atomic E-state index is -0.915. The second kappa shape index (κ2) is 15.2. The van der Waals surface area contributed by atoms with Crippen molar-refractivity contribution in [2.24, 2.45) is 29.6 Å². The van der Waals surface area contributed by atoms with E-state index in [4.69, 9.17) is 33.2 Å². The van der Waals surface area contributed by atoms with Crippen LogP contribution in [0.1, 0.15) is 94.9 Å². The van der Waals surface area contributed by atoms with Gasteiger partial charge < -0.3 is 48.3 Å². The molecule has 11 nitrogen and oxygen atoms in total. The Labute approximate surface area is 283 Å². The van der Waals surface area contributed by atoms with Gasteiger partial charge in [0.2, 0.25) is 0 Å². The number of esters is 1. The van der Waals surface area contributed by atoms with E-state index in [1.165, 1.54) is 0 Å². The first-order chi connectivity index (χ1) is 21.8. The summed E-state index contributed by atoms with van der Waals surface area (Å²) in [5, 5.41) is 22.4. The Morgan fingerprint density at radius 2 is 1.51 bits per heavy atom. The van der Waals surface area contributed by atoms with Gasteiger partial charge in [-0.15, -0.1) is 0 Å². The Morgan fingerprint density at radius 1 is 0.851 bits per heavy atom. The number of ether oxygens (including phenoxy) is 7. The molecule has 18 atom stereocenters. The van der Waals surface area contributed by atoms with E-state index in [0.29, 0.717) is 6.42 Å². The molecule has 10 unspecified atom stereocenters. The summed E-state index contributed by atoms with van der Waals surface area (Å²) in [4.78, 5) is 15.9. The maximum absolute atomic E-state index is 13.9. The van der Waals surface area contributed by atoms with E-state index in [9.17, 15) is 15.0 Å². The normalized spacial score (nSPS) is 52.0. The van der Waals surface area contributed by atoms with E-state index in [-0.39, 0.29) is 54.5 Å². The third kappa shape index (κ3) is 8.20. The first kappa shape index (κ1) is 38.9. The average Bonchev–Trinajstić information content (AvgIpc) is 3.31. The first-order valence-electron chi connectivity index (χ1n) is 17.9. The summed E-state index contributed by atoms with van der Waals surface area (Å²) < 4.78 is 45.2. The quantitative estimate of drug-likeness (QED) is 0.396. The van der Waals surface area contributed by atoms with E-state index >= 15 is 0 Å². The number of methoxy groups -OCH3 is 1. The van der Waals surface area contributed by atoms with Crippen LogP contribution in [0.15, 0.2) is 0 Å². The molecule has 0 aromatic heterocycles. The van der Waals surface area contributed by atoms with E-state index in [0.717, 1.165) is 12.8 Å². The number of carbonyl (C=O) groups is 1. The Bertz CT molecular complexity index is 1050. The van der Waals surface area contributed by atoms with E-state index in [1.54, 1.807) is 14.0 Å². The molecule has 4 saturated heterocycles. The molecular formula is C36H65NO10. The number of carbonyl (C=O) groups excluding carboxylic acids is 1. The number of rotatable bonds is 6. The smallest absolute Gasteiger partial charge is 0.311 e. The van der Waals surface area contributed by atoms with Crippen molar-refractivity contribution < 1.29 is 48.2 Å². The zero-order valence-electron chi connectivity index (χ0n) is 31.2. The number of aliphatic hydroxyl groups excluding tert-OH is 2. The molecule has 47 heavy (non-hydrogen) atoms. The van der Waals surface area contributed by atoms with Gasteiger partial charge >= 0.3 is 5.97 Å². The lowest BCUT2D eigenvalue weighted by molar-refractivity contribution is -0.318. The van der Waals surface area contributed by atoms with Gasteiger partial charge in [-0.05, 0) is 92.7 Å². The molecule has 4 aliphatic rings. The molecule has 0 amide bonds. The highest BCUT2D eigenvalue weighted by Gasteiger charge is 2.56. The number of likely N-dealkylation sites (N-methyl/N-ethyl adjacent to an activating group) is 1. The van der Waals surface area contributed by atoms with Crippen LogP contribution in [0.4, 0.5) is 0 Å². The third-order valence-electron chi connectivity index (χ3n) is 11.9. The second-order valence-electron chi connectivity index (χ2n) is 16.2. The topological polar surface area (TPSA) is 125 Å². The van der Waals surface area contributed by atoms with Crippen LogP contribution in [0, 0.1) is 29.6 Å². The molecular weight excluding hydrogens is 606 g/mol. The highest BCUT2D eigenvalue weighted by atomic mass is 16.7. The van der Waals surface area contributed by atoms with Crippen molar-refractivity contribution in [3.63, 3.8) is 0 Å². The van der Waals surface area contributed by atoms with Gasteiger partial charge in [0.25, 0.3) is 0 Å². The van der Waals surface area contributed by atoms with Gasteiger partial charge in [0, 0.05) is 25.5 Å². The van der Waals surface area contributed by atoms with Crippen LogP contribution in [0.25, 0.3) is 0 Å². The van der Waals surface area contributed by atoms with Gasteiger partial charge in [-0.25, -0.2) is 0 Å². The Kier molecular flexibility index (Phi) is 12.5. The molecule has 0 aromatic rings. The van der Waals surface area contributed by atoms with Gasteiger partial charge in [0.15, 0.2) is 12.6 Å². The van der Waals surface area contributed by atoms with Crippen LogP contribution in [0.2, 0.25) is 0 Å². The number of nitrogens with zero attached hydrogens (tertiary/aromatic N) is 1. The van der Waals surface area contributed by atoms with Crippen LogP contribution in [0.5, 0.6) is 0 Å². The van der Waals surface area contributed by atoms with Crippen LogP contribution in [0.3, 0.4) is 0 Å². The molecule has 4 aliphatic heterocycles. The molecule has 2 N–H and O–H groups in total. The van der Waals surface area contributed by atoms with E-state index in [1.807, 2.05) is 53.6 Å². The Morgan fingerprint density at radius 3 is 2.13 bits per heavy atom. The fourth-order valence-corrected chi connectivity index (χ4v) is 8.81. The fraction of sp³-hybridized carbons (Fsp3) is 0.972. The maximum Gasteiger partial charge on any atom is 0.311 e. The first-order valence-corrected chi connectivity index (χ1v) is 17.9. The SMILES string of the molecule is CO[C@]1(C)CC(OC2[C@H](C)C(OC3O[C@H](C)CC(N(C)C)C3O)C3(C)CC(C)C(O3)[C@H](C)C[C@@H](C)[C@@H](C)OC(=O)[C@@H]2C)O[C@@H](C)C1O. The predicted molar refractivity (Wildman–Crippen MR) is 176 cm³/mol. The average molecular weight is 672 g/mol. The molecule has 274 valence electrons. The monoisotopic (exact) mass is 671 g/mol. The van der Waals surface area contributed by atoms with Crippen molar-refractivity contribution >= 4 is 5.97 Å². The molecule has 4 fully saturated rings. The van der Waals surface area contributed by atoms with Crippen molar-refractivity contribution in [2.45, 2.75) is 174 Å². The van der Waals surface area contributed by atoms with Gasteiger partial charge in [-0.1, -0.05) is 27.7 Å². The maximum atomic E-state index is 13.9. The molecule has 4 rings (SSSR count). The Balaban J connectivity index is 1.78. The van der Waals surface area contributed by atoms with Gasteiger partial charge in [0.05, 0.1) is 47.6 Å². The molecule has 2 bridgehead atoms. The van der Waals surface area contributed by atoms with E-state index < -0.39 is 66.1 Å². The second-order valence-corrected chi connectivity index (χ2v) is 16.2. The molecule has 11 heteroatoms. The van der Waals surface area contributed by atoms with Gasteiger partial charge in [-0.3, -0.25) is 4.79 Å². The zero-order valence-corrected chi connectivity index (χ0v) is 31.2. The Hall–Kier alpha value is -0.890. The number of aliphatic hydroxyl groups is 2. The van der Waals surface area contributed by atoms with Crippen LogP contribution >= 0.6 is 0 Å². The largest absolute Gasteiger partial charge is 0.462 e. The van der Waals surface area contributed by atoms with Crippen molar-refractivity contribution in [1.82, 2.24) is 4.90 Å². The van der Waals surface area contributed by atoms with E-state index in [2.05, 4.69) is 27.7 Å². The van der Waals surface area contributed by atoms with Crippen LogP contribution in [-0.4, -0.2) is 121 Å². The standard InChI is InChI=1S/C36H65NO10/c1-18-14-19(2)29-20(3)16-36(10,47-29)32(46-34-28(38)26(37(11)12)15-21(4)42-34)22(5)30(23(6)33(40)44-24(18)7)45-27-17-35(9,41-13)31(39)25(8)43-27/h18-32,34,38-39H,14-17H2,1-13H3/t18-,19-,20?,21-,22+,23-,24-,25+,26?,27?,28?,29?,30?,31?,32?,34?,35-,36?/m1/s1. The van der Waals surface area contributed by atoms with Crippen LogP contribution < -0.4 is 0 Å². The van der Waals surface area contributed by atoms with Gasteiger partial charge in [0.1, 0.15) is 18.3 Å². The molecule has 0 radical (unpaired) electrons. The van der Waals surface area contributed by atoms with Gasteiger partial charge in [-0.2, -0.15) is 0 Å². The van der Waals surface area contributed by atoms with Crippen molar-refractivity contribution in [1.29, 1.82) is 0 Å². The third-order valence-corrected chi connectivity index (χ3v) is 11.9. The van der Waals surface area contributed by atoms with Crippen molar-refractivity contribution in [3.8, 4) is 0 Å². The number of fused-ring (bicyclic) bond motifs is 2. The summed E-state index contributed by atoms with van der Waals surface area (Å²) in [6, 6.07) is -0.156.